The average molecular weight is 298 g/mol. The third kappa shape index (κ3) is 3.00. The van der Waals surface area contributed by atoms with Crippen LogP contribution < -0.4 is 10.1 Å². The second-order valence-electron chi connectivity index (χ2n) is 5.04. The molecule has 3 nitrogen and oxygen atoms in total. The van der Waals surface area contributed by atoms with Crippen LogP contribution in [0.5, 0.6) is 5.75 Å². The standard InChI is InChI=1S/C17H18N2OS/c1-12(11-13-5-4-10-21-13)19-17-15-6-3-7-16(20-2)14(15)8-9-18-17/h3-10,12H,11H2,1-2H3,(H,18,19). The number of nitrogens with zero attached hydrogens (tertiary/aromatic N) is 1. The molecule has 0 radical (unpaired) electrons. The van der Waals surface area contributed by atoms with E-state index in [9.17, 15) is 0 Å². The van der Waals surface area contributed by atoms with E-state index in [4.69, 9.17) is 4.74 Å². The Morgan fingerprint density at radius 2 is 2.10 bits per heavy atom. The molecule has 4 heteroatoms. The first-order valence-electron chi connectivity index (χ1n) is 6.98. The lowest BCUT2D eigenvalue weighted by Crippen LogP contribution is -2.18. The number of hydrogen-bond acceptors (Lipinski definition) is 4. The van der Waals surface area contributed by atoms with Gasteiger partial charge in [-0.2, -0.15) is 0 Å². The van der Waals surface area contributed by atoms with Gasteiger partial charge in [0.2, 0.25) is 0 Å². The lowest BCUT2D eigenvalue weighted by Gasteiger charge is -2.16. The Morgan fingerprint density at radius 3 is 2.86 bits per heavy atom. The van der Waals surface area contributed by atoms with Gasteiger partial charge in [-0.3, -0.25) is 0 Å². The third-order valence-corrected chi connectivity index (χ3v) is 4.36. The van der Waals surface area contributed by atoms with E-state index in [0.29, 0.717) is 6.04 Å². The maximum Gasteiger partial charge on any atom is 0.134 e. The fourth-order valence-corrected chi connectivity index (χ4v) is 3.32. The molecule has 2 heterocycles. The van der Waals surface area contributed by atoms with E-state index in [2.05, 4.69) is 40.8 Å². The number of pyridine rings is 1. The number of fused-ring (bicyclic) bond motifs is 1. The lowest BCUT2D eigenvalue weighted by atomic mass is 10.1. The molecule has 0 fully saturated rings. The van der Waals surface area contributed by atoms with Gasteiger partial charge in [-0.15, -0.1) is 11.3 Å². The van der Waals surface area contributed by atoms with E-state index in [-0.39, 0.29) is 0 Å². The highest BCUT2D eigenvalue weighted by Gasteiger charge is 2.10. The molecule has 1 atom stereocenters. The number of aromatic nitrogens is 1. The smallest absolute Gasteiger partial charge is 0.134 e. The van der Waals surface area contributed by atoms with Crippen LogP contribution in [0.25, 0.3) is 10.8 Å². The molecule has 0 saturated heterocycles. The number of thiophene rings is 1. The quantitative estimate of drug-likeness (QED) is 0.760. The van der Waals surface area contributed by atoms with E-state index >= 15 is 0 Å². The van der Waals surface area contributed by atoms with Crippen LogP contribution in [0.2, 0.25) is 0 Å². The number of ether oxygens (including phenoxy) is 1. The zero-order valence-electron chi connectivity index (χ0n) is 12.2. The van der Waals surface area contributed by atoms with Crippen molar-refractivity contribution in [1.82, 2.24) is 4.98 Å². The highest BCUT2D eigenvalue weighted by atomic mass is 32.1. The molecule has 1 aromatic carbocycles. The Kier molecular flexibility index (Phi) is 4.06. The van der Waals surface area contributed by atoms with E-state index in [1.165, 1.54) is 4.88 Å². The first kappa shape index (κ1) is 13.9. The predicted molar refractivity (Wildman–Crippen MR) is 89.4 cm³/mol. The van der Waals surface area contributed by atoms with E-state index in [1.807, 2.05) is 24.4 Å². The second-order valence-corrected chi connectivity index (χ2v) is 6.08. The maximum absolute atomic E-state index is 5.42. The van der Waals surface area contributed by atoms with Gasteiger partial charge in [0.1, 0.15) is 11.6 Å². The van der Waals surface area contributed by atoms with Gasteiger partial charge in [0.05, 0.1) is 7.11 Å². The van der Waals surface area contributed by atoms with Gasteiger partial charge in [-0.05, 0) is 30.5 Å². The van der Waals surface area contributed by atoms with Gasteiger partial charge in [0, 0.05) is 34.3 Å². The van der Waals surface area contributed by atoms with Crippen LogP contribution in [-0.2, 0) is 6.42 Å². The van der Waals surface area contributed by atoms with Gasteiger partial charge in [0.15, 0.2) is 0 Å². The minimum absolute atomic E-state index is 0.327. The second kappa shape index (κ2) is 6.14. The molecule has 0 spiro atoms. The fourth-order valence-electron chi connectivity index (χ4n) is 2.49. The first-order valence-corrected chi connectivity index (χ1v) is 7.86. The summed E-state index contributed by atoms with van der Waals surface area (Å²) in [5.41, 5.74) is 0. The summed E-state index contributed by atoms with van der Waals surface area (Å²) < 4.78 is 5.42. The van der Waals surface area contributed by atoms with Crippen LogP contribution in [0.4, 0.5) is 5.82 Å². The average Bonchev–Trinajstić information content (AvgIpc) is 2.99. The summed E-state index contributed by atoms with van der Waals surface area (Å²) in [5.74, 6) is 1.79. The number of hydrogen-bond donors (Lipinski definition) is 1. The zero-order valence-corrected chi connectivity index (χ0v) is 13.0. The van der Waals surface area contributed by atoms with Crippen molar-refractivity contribution in [3.05, 3.63) is 52.9 Å². The molecule has 21 heavy (non-hydrogen) atoms. The molecule has 1 unspecified atom stereocenters. The summed E-state index contributed by atoms with van der Waals surface area (Å²) in [7, 11) is 1.70. The molecule has 108 valence electrons. The summed E-state index contributed by atoms with van der Waals surface area (Å²) in [4.78, 5) is 5.87. The molecule has 0 aliphatic rings. The minimum Gasteiger partial charge on any atom is -0.496 e. The van der Waals surface area contributed by atoms with Gasteiger partial charge in [0.25, 0.3) is 0 Å². The van der Waals surface area contributed by atoms with Gasteiger partial charge >= 0.3 is 0 Å². The van der Waals surface area contributed by atoms with Gasteiger partial charge in [-0.25, -0.2) is 4.98 Å². The van der Waals surface area contributed by atoms with Crippen LogP contribution >= 0.6 is 11.3 Å². The highest BCUT2D eigenvalue weighted by Crippen LogP contribution is 2.29. The number of rotatable bonds is 5. The maximum atomic E-state index is 5.42. The van der Waals surface area contributed by atoms with Crippen LogP contribution in [0.1, 0.15) is 11.8 Å². The molecule has 0 bridgehead atoms. The number of benzene rings is 1. The van der Waals surface area contributed by atoms with E-state index in [1.54, 1.807) is 18.4 Å². The molecular formula is C17H18N2OS. The molecule has 1 N–H and O–H groups in total. The fraction of sp³-hybridized carbons (Fsp3) is 0.235. The van der Waals surface area contributed by atoms with Crippen LogP contribution in [0.3, 0.4) is 0 Å². The normalized spacial score (nSPS) is 12.3. The summed E-state index contributed by atoms with van der Waals surface area (Å²) in [6.45, 7) is 2.18. The summed E-state index contributed by atoms with van der Waals surface area (Å²) in [6, 6.07) is 12.6. The Bertz CT molecular complexity index is 725. The molecule has 3 aromatic rings. The number of anilines is 1. The van der Waals surface area contributed by atoms with Crippen LogP contribution in [0.15, 0.2) is 48.0 Å². The molecular weight excluding hydrogens is 280 g/mol. The third-order valence-electron chi connectivity index (χ3n) is 3.46. The Morgan fingerprint density at radius 1 is 1.19 bits per heavy atom. The van der Waals surface area contributed by atoms with Crippen molar-refractivity contribution in [2.75, 3.05) is 12.4 Å². The SMILES string of the molecule is COc1cccc2c(NC(C)Cc3cccs3)nccc12. The summed E-state index contributed by atoms with van der Waals surface area (Å²) in [5, 5.41) is 7.81. The molecule has 0 aliphatic heterocycles. The molecule has 0 saturated carbocycles. The van der Waals surface area contributed by atoms with Crippen LogP contribution in [-0.4, -0.2) is 18.1 Å². The van der Waals surface area contributed by atoms with Crippen LogP contribution in [0, 0.1) is 0 Å². The Labute approximate surface area is 128 Å². The zero-order chi connectivity index (χ0) is 14.7. The summed E-state index contributed by atoms with van der Waals surface area (Å²) >= 11 is 1.79. The van der Waals surface area contributed by atoms with E-state index in [0.717, 1.165) is 28.8 Å². The minimum atomic E-state index is 0.327. The Balaban J connectivity index is 1.87. The highest BCUT2D eigenvalue weighted by molar-refractivity contribution is 7.09. The van der Waals surface area contributed by atoms with E-state index < -0.39 is 0 Å². The largest absolute Gasteiger partial charge is 0.496 e. The number of methoxy groups -OCH3 is 1. The van der Waals surface area contributed by atoms with Gasteiger partial charge < -0.3 is 10.1 Å². The van der Waals surface area contributed by atoms with Crippen molar-refractivity contribution in [3.8, 4) is 5.75 Å². The van der Waals surface area contributed by atoms with Crippen molar-refractivity contribution in [1.29, 1.82) is 0 Å². The molecule has 0 amide bonds. The molecule has 3 rings (SSSR count). The molecule has 0 aliphatic carbocycles. The lowest BCUT2D eigenvalue weighted by molar-refractivity contribution is 0.420. The van der Waals surface area contributed by atoms with Crippen molar-refractivity contribution in [2.24, 2.45) is 0 Å². The monoisotopic (exact) mass is 298 g/mol. The van der Waals surface area contributed by atoms with Crippen molar-refractivity contribution < 1.29 is 4.74 Å². The van der Waals surface area contributed by atoms with Crippen molar-refractivity contribution >= 4 is 27.9 Å². The van der Waals surface area contributed by atoms with Crippen molar-refractivity contribution in [3.63, 3.8) is 0 Å². The topological polar surface area (TPSA) is 34.1 Å². The van der Waals surface area contributed by atoms with Crippen molar-refractivity contribution in [2.45, 2.75) is 19.4 Å². The summed E-state index contributed by atoms with van der Waals surface area (Å²) in [6.07, 6.45) is 2.82. The predicted octanol–water partition coefficient (Wildman–Crippen LogP) is 4.35. The first-order chi connectivity index (χ1) is 10.3. The van der Waals surface area contributed by atoms with Gasteiger partial charge in [-0.1, -0.05) is 18.2 Å². The molecule has 2 aromatic heterocycles. The number of nitrogens with one attached hydrogen (secondary N) is 1. The Hall–Kier alpha value is -2.07.